The molecule has 0 aliphatic carbocycles. The molecular formula is C15H22FNO2. The molecule has 19 heavy (non-hydrogen) atoms. The molecule has 1 saturated heterocycles. The molecular weight excluding hydrogens is 245 g/mol. The SMILES string of the molecule is COC1(CNC(C)Cc2ccccc2F)CCOC1. The van der Waals surface area contributed by atoms with Gasteiger partial charge < -0.3 is 14.8 Å². The van der Waals surface area contributed by atoms with Crippen LogP contribution in [0.15, 0.2) is 24.3 Å². The number of methoxy groups -OCH3 is 1. The van der Waals surface area contributed by atoms with E-state index in [1.165, 1.54) is 6.07 Å². The monoisotopic (exact) mass is 267 g/mol. The van der Waals surface area contributed by atoms with Crippen molar-refractivity contribution in [3.63, 3.8) is 0 Å². The van der Waals surface area contributed by atoms with E-state index in [1.54, 1.807) is 13.2 Å². The quantitative estimate of drug-likeness (QED) is 0.856. The highest BCUT2D eigenvalue weighted by atomic mass is 19.1. The summed E-state index contributed by atoms with van der Waals surface area (Å²) in [5.41, 5.74) is 0.528. The molecule has 1 aliphatic rings. The molecule has 0 spiro atoms. The van der Waals surface area contributed by atoms with Crippen LogP contribution in [0.25, 0.3) is 0 Å². The first kappa shape index (κ1) is 14.4. The van der Waals surface area contributed by atoms with Crippen LogP contribution in [0.5, 0.6) is 0 Å². The smallest absolute Gasteiger partial charge is 0.126 e. The second kappa shape index (κ2) is 6.46. The molecule has 1 fully saturated rings. The van der Waals surface area contributed by atoms with E-state index in [0.717, 1.165) is 25.1 Å². The zero-order valence-electron chi connectivity index (χ0n) is 11.6. The van der Waals surface area contributed by atoms with Gasteiger partial charge in [-0.3, -0.25) is 0 Å². The molecule has 106 valence electrons. The molecule has 1 aromatic carbocycles. The van der Waals surface area contributed by atoms with Gasteiger partial charge in [-0.2, -0.15) is 0 Å². The largest absolute Gasteiger partial charge is 0.378 e. The van der Waals surface area contributed by atoms with Gasteiger partial charge >= 0.3 is 0 Å². The van der Waals surface area contributed by atoms with Crippen molar-refractivity contribution in [3.8, 4) is 0 Å². The molecule has 0 saturated carbocycles. The van der Waals surface area contributed by atoms with E-state index >= 15 is 0 Å². The maximum atomic E-state index is 13.6. The summed E-state index contributed by atoms with van der Waals surface area (Å²) in [6, 6.07) is 7.12. The van der Waals surface area contributed by atoms with E-state index in [9.17, 15) is 4.39 Å². The third-order valence-corrected chi connectivity index (χ3v) is 3.76. The second-order valence-electron chi connectivity index (χ2n) is 5.27. The molecule has 2 rings (SSSR count). The number of halogens is 1. The van der Waals surface area contributed by atoms with Crippen molar-refractivity contribution in [1.29, 1.82) is 0 Å². The Labute approximate surface area is 114 Å². The molecule has 2 unspecified atom stereocenters. The second-order valence-corrected chi connectivity index (χ2v) is 5.27. The van der Waals surface area contributed by atoms with Gasteiger partial charge in [0.1, 0.15) is 11.4 Å². The number of ether oxygens (including phenoxy) is 2. The number of nitrogens with one attached hydrogen (secondary N) is 1. The van der Waals surface area contributed by atoms with Gasteiger partial charge in [0, 0.05) is 32.7 Å². The lowest BCUT2D eigenvalue weighted by Gasteiger charge is -2.28. The highest BCUT2D eigenvalue weighted by molar-refractivity contribution is 5.18. The van der Waals surface area contributed by atoms with Gasteiger partial charge in [-0.25, -0.2) is 4.39 Å². The molecule has 0 bridgehead atoms. The fourth-order valence-corrected chi connectivity index (χ4v) is 2.39. The van der Waals surface area contributed by atoms with Gasteiger partial charge in [-0.05, 0) is 25.0 Å². The fourth-order valence-electron chi connectivity index (χ4n) is 2.39. The maximum Gasteiger partial charge on any atom is 0.126 e. The minimum atomic E-state index is -0.219. The van der Waals surface area contributed by atoms with Crippen LogP contribution in [0.3, 0.4) is 0 Å². The topological polar surface area (TPSA) is 30.5 Å². The van der Waals surface area contributed by atoms with E-state index in [2.05, 4.69) is 12.2 Å². The minimum Gasteiger partial charge on any atom is -0.378 e. The van der Waals surface area contributed by atoms with Gasteiger partial charge in [-0.15, -0.1) is 0 Å². The van der Waals surface area contributed by atoms with Gasteiger partial charge in [0.05, 0.1) is 6.61 Å². The standard InChI is InChI=1S/C15H22FNO2/c1-12(9-13-5-3-4-6-14(13)16)17-10-15(18-2)7-8-19-11-15/h3-6,12,17H,7-11H2,1-2H3. The van der Waals surface area contributed by atoms with Crippen molar-refractivity contribution in [2.75, 3.05) is 26.9 Å². The third-order valence-electron chi connectivity index (χ3n) is 3.76. The lowest BCUT2D eigenvalue weighted by atomic mass is 10.0. The molecule has 1 N–H and O–H groups in total. The van der Waals surface area contributed by atoms with Gasteiger partial charge in [0.2, 0.25) is 0 Å². The first-order chi connectivity index (χ1) is 9.15. The zero-order chi connectivity index (χ0) is 13.7. The predicted molar refractivity (Wildman–Crippen MR) is 72.7 cm³/mol. The number of hydrogen-bond donors (Lipinski definition) is 1. The van der Waals surface area contributed by atoms with Crippen LogP contribution in [0, 0.1) is 5.82 Å². The van der Waals surface area contributed by atoms with Crippen LogP contribution >= 0.6 is 0 Å². The Bertz CT molecular complexity index is 405. The van der Waals surface area contributed by atoms with Crippen LogP contribution in [-0.2, 0) is 15.9 Å². The summed E-state index contributed by atoms with van der Waals surface area (Å²) in [5.74, 6) is -0.137. The van der Waals surface area contributed by atoms with Crippen molar-refractivity contribution in [3.05, 3.63) is 35.6 Å². The number of hydrogen-bond acceptors (Lipinski definition) is 3. The van der Waals surface area contributed by atoms with Crippen molar-refractivity contribution < 1.29 is 13.9 Å². The number of benzene rings is 1. The zero-order valence-corrected chi connectivity index (χ0v) is 11.6. The lowest BCUT2D eigenvalue weighted by molar-refractivity contribution is -0.0171. The van der Waals surface area contributed by atoms with Gasteiger partial charge in [0.25, 0.3) is 0 Å². The lowest BCUT2D eigenvalue weighted by Crippen LogP contribution is -2.46. The van der Waals surface area contributed by atoms with Crippen LogP contribution in [-0.4, -0.2) is 38.5 Å². The summed E-state index contributed by atoms with van der Waals surface area (Å²) in [4.78, 5) is 0. The Morgan fingerprint density at radius 2 is 2.26 bits per heavy atom. The van der Waals surface area contributed by atoms with E-state index in [-0.39, 0.29) is 17.5 Å². The summed E-state index contributed by atoms with van der Waals surface area (Å²) in [5, 5.41) is 3.42. The average Bonchev–Trinajstić information content (AvgIpc) is 2.89. The average molecular weight is 267 g/mol. The normalized spacial score (nSPS) is 24.6. The van der Waals surface area contributed by atoms with Crippen molar-refractivity contribution in [1.82, 2.24) is 5.32 Å². The molecule has 1 aliphatic heterocycles. The summed E-state index contributed by atoms with van der Waals surface area (Å²) in [7, 11) is 1.72. The van der Waals surface area contributed by atoms with Crippen molar-refractivity contribution >= 4 is 0 Å². The van der Waals surface area contributed by atoms with Crippen LogP contribution in [0.1, 0.15) is 18.9 Å². The Hall–Kier alpha value is -0.970. The summed E-state index contributed by atoms with van der Waals surface area (Å²) in [6.07, 6.45) is 1.58. The Balaban J connectivity index is 1.84. The number of rotatable bonds is 6. The maximum absolute atomic E-state index is 13.6. The molecule has 2 atom stereocenters. The third kappa shape index (κ3) is 3.75. The fraction of sp³-hybridized carbons (Fsp3) is 0.600. The first-order valence-electron chi connectivity index (χ1n) is 6.75. The summed E-state index contributed by atoms with van der Waals surface area (Å²) >= 11 is 0. The van der Waals surface area contributed by atoms with E-state index < -0.39 is 0 Å². The van der Waals surface area contributed by atoms with Gasteiger partial charge in [0.15, 0.2) is 0 Å². The highest BCUT2D eigenvalue weighted by Crippen LogP contribution is 2.21. The Kier molecular flexibility index (Phi) is 4.91. The van der Waals surface area contributed by atoms with Crippen molar-refractivity contribution in [2.45, 2.75) is 31.4 Å². The molecule has 0 radical (unpaired) electrons. The Morgan fingerprint density at radius 1 is 1.47 bits per heavy atom. The minimum absolute atomic E-state index is 0.137. The molecule has 0 aromatic heterocycles. The van der Waals surface area contributed by atoms with Crippen LogP contribution < -0.4 is 5.32 Å². The van der Waals surface area contributed by atoms with Crippen LogP contribution in [0.2, 0.25) is 0 Å². The summed E-state index contributed by atoms with van der Waals surface area (Å²) in [6.45, 7) is 4.17. The van der Waals surface area contributed by atoms with Gasteiger partial charge in [-0.1, -0.05) is 18.2 Å². The van der Waals surface area contributed by atoms with Crippen LogP contribution in [0.4, 0.5) is 4.39 Å². The Morgan fingerprint density at radius 3 is 2.89 bits per heavy atom. The van der Waals surface area contributed by atoms with E-state index in [0.29, 0.717) is 13.0 Å². The summed E-state index contributed by atoms with van der Waals surface area (Å²) < 4.78 is 24.5. The molecule has 4 heteroatoms. The molecule has 0 amide bonds. The van der Waals surface area contributed by atoms with E-state index in [4.69, 9.17) is 9.47 Å². The highest BCUT2D eigenvalue weighted by Gasteiger charge is 2.34. The molecule has 3 nitrogen and oxygen atoms in total. The van der Waals surface area contributed by atoms with E-state index in [1.807, 2.05) is 12.1 Å². The predicted octanol–water partition coefficient (Wildman–Crippen LogP) is 2.15. The molecule has 1 aromatic rings. The van der Waals surface area contributed by atoms with Crippen molar-refractivity contribution in [2.24, 2.45) is 0 Å². The first-order valence-corrected chi connectivity index (χ1v) is 6.75. The molecule has 1 heterocycles.